The van der Waals surface area contributed by atoms with Crippen LogP contribution in [0.15, 0.2) is 41.2 Å². The van der Waals surface area contributed by atoms with Gasteiger partial charge in [-0.25, -0.2) is 23.4 Å². The summed E-state index contributed by atoms with van der Waals surface area (Å²) in [6.45, 7) is 5.19. The third-order valence-corrected chi connectivity index (χ3v) is 7.43. The number of aryl methyl sites for hydroxylation is 1. The first-order chi connectivity index (χ1) is 16.7. The zero-order valence-electron chi connectivity index (χ0n) is 19.4. The molecule has 0 spiro atoms. The number of aromatic nitrogens is 7. The van der Waals surface area contributed by atoms with Gasteiger partial charge in [0.05, 0.1) is 23.9 Å². The predicted octanol–water partition coefficient (Wildman–Crippen LogP) is 3.07. The second kappa shape index (κ2) is 9.96. The zero-order valence-corrected chi connectivity index (χ0v) is 20.9. The average Bonchev–Trinajstić information content (AvgIpc) is 3.44. The van der Waals surface area contributed by atoms with Gasteiger partial charge in [0.15, 0.2) is 5.82 Å². The summed E-state index contributed by atoms with van der Waals surface area (Å²) in [4.78, 5) is 12.7. The average molecular weight is 519 g/mol. The fourth-order valence-electron chi connectivity index (χ4n) is 3.28. The first kappa shape index (κ1) is 24.5. The van der Waals surface area contributed by atoms with E-state index in [2.05, 4.69) is 35.0 Å². The SMILES string of the molecule is COc1cccc(-c2nnc(NS(=O)(=O)[C@@H](C)[C@H](C)c3ncc(Cl)cn3)n2Cc2cc(C)on2)n1. The summed E-state index contributed by atoms with van der Waals surface area (Å²) in [5.74, 6) is 1.14. The van der Waals surface area contributed by atoms with Crippen LogP contribution in [0.25, 0.3) is 11.5 Å². The highest BCUT2D eigenvalue weighted by Gasteiger charge is 2.31. The van der Waals surface area contributed by atoms with Gasteiger partial charge < -0.3 is 9.26 Å². The van der Waals surface area contributed by atoms with Gasteiger partial charge >= 0.3 is 0 Å². The van der Waals surface area contributed by atoms with Gasteiger partial charge in [-0.2, -0.15) is 0 Å². The molecule has 0 bridgehead atoms. The van der Waals surface area contributed by atoms with Gasteiger partial charge in [-0.15, -0.1) is 10.2 Å². The number of methoxy groups -OCH3 is 1. The van der Waals surface area contributed by atoms with Gasteiger partial charge in [-0.3, -0.25) is 9.29 Å². The fraction of sp³-hybridized carbons (Fsp3) is 0.333. The summed E-state index contributed by atoms with van der Waals surface area (Å²) in [6, 6.07) is 6.90. The van der Waals surface area contributed by atoms with Crippen molar-refractivity contribution < 1.29 is 17.7 Å². The van der Waals surface area contributed by atoms with Crippen molar-refractivity contribution in [3.8, 4) is 17.4 Å². The molecule has 0 amide bonds. The first-order valence-electron chi connectivity index (χ1n) is 10.5. The molecule has 184 valence electrons. The van der Waals surface area contributed by atoms with E-state index in [-0.39, 0.29) is 12.5 Å². The molecule has 0 aliphatic rings. The summed E-state index contributed by atoms with van der Waals surface area (Å²) in [5, 5.41) is 11.8. The number of nitrogens with zero attached hydrogens (tertiary/aromatic N) is 7. The number of rotatable bonds is 9. The Balaban J connectivity index is 1.68. The number of nitrogens with one attached hydrogen (secondary N) is 1. The van der Waals surface area contributed by atoms with Crippen molar-refractivity contribution in [1.82, 2.24) is 34.9 Å². The van der Waals surface area contributed by atoms with Crippen molar-refractivity contribution >= 4 is 27.6 Å². The van der Waals surface area contributed by atoms with Crippen LogP contribution in [0.1, 0.15) is 37.0 Å². The molecular weight excluding hydrogens is 496 g/mol. The van der Waals surface area contributed by atoms with E-state index in [0.717, 1.165) is 0 Å². The topological polar surface area (TPSA) is 151 Å². The fourth-order valence-corrected chi connectivity index (χ4v) is 4.63. The first-order valence-corrected chi connectivity index (χ1v) is 12.5. The third kappa shape index (κ3) is 5.41. The molecule has 4 aromatic heterocycles. The number of anilines is 1. The second-order valence-electron chi connectivity index (χ2n) is 7.83. The van der Waals surface area contributed by atoms with E-state index in [0.29, 0.717) is 39.7 Å². The molecule has 0 fully saturated rings. The van der Waals surface area contributed by atoms with Crippen LogP contribution >= 0.6 is 11.6 Å². The number of pyridine rings is 1. The molecule has 4 heterocycles. The maximum Gasteiger partial charge on any atom is 0.238 e. The van der Waals surface area contributed by atoms with Gasteiger partial charge in [-0.1, -0.05) is 29.7 Å². The molecule has 0 aromatic carbocycles. The lowest BCUT2D eigenvalue weighted by atomic mass is 10.1. The molecule has 4 rings (SSSR count). The Hall–Kier alpha value is -3.58. The van der Waals surface area contributed by atoms with Crippen molar-refractivity contribution in [1.29, 1.82) is 0 Å². The molecule has 2 atom stereocenters. The minimum absolute atomic E-state index is 0.00125. The summed E-state index contributed by atoms with van der Waals surface area (Å²) in [7, 11) is -2.44. The molecule has 0 aliphatic carbocycles. The van der Waals surface area contributed by atoms with E-state index >= 15 is 0 Å². The minimum atomic E-state index is -3.94. The van der Waals surface area contributed by atoms with Gasteiger partial charge in [-0.05, 0) is 19.9 Å². The molecule has 14 heteroatoms. The lowest BCUT2D eigenvalue weighted by molar-refractivity contribution is 0.389. The highest BCUT2D eigenvalue weighted by Crippen LogP contribution is 2.26. The quantitative estimate of drug-likeness (QED) is 0.350. The van der Waals surface area contributed by atoms with Gasteiger partial charge in [0.25, 0.3) is 0 Å². The van der Waals surface area contributed by atoms with E-state index in [9.17, 15) is 8.42 Å². The molecule has 0 saturated carbocycles. The summed E-state index contributed by atoms with van der Waals surface area (Å²) < 4.78 is 41.1. The van der Waals surface area contributed by atoms with E-state index in [1.54, 1.807) is 49.6 Å². The highest BCUT2D eigenvalue weighted by molar-refractivity contribution is 7.93. The van der Waals surface area contributed by atoms with Crippen LogP contribution in [0.3, 0.4) is 0 Å². The van der Waals surface area contributed by atoms with Crippen molar-refractivity contribution in [2.45, 2.75) is 38.5 Å². The Labute approximate surface area is 206 Å². The van der Waals surface area contributed by atoms with E-state index < -0.39 is 21.2 Å². The lowest BCUT2D eigenvalue weighted by Gasteiger charge is -2.20. The molecule has 12 nitrogen and oxygen atoms in total. The van der Waals surface area contributed by atoms with Crippen LogP contribution in [0.2, 0.25) is 5.02 Å². The van der Waals surface area contributed by atoms with Crippen LogP contribution in [0.4, 0.5) is 5.95 Å². The van der Waals surface area contributed by atoms with Crippen molar-refractivity contribution in [2.24, 2.45) is 0 Å². The second-order valence-corrected chi connectivity index (χ2v) is 10.3. The maximum absolute atomic E-state index is 13.3. The summed E-state index contributed by atoms with van der Waals surface area (Å²) in [5.41, 5.74) is 1.00. The lowest BCUT2D eigenvalue weighted by Crippen LogP contribution is -2.31. The largest absolute Gasteiger partial charge is 0.481 e. The smallest absolute Gasteiger partial charge is 0.238 e. The normalized spacial score (nSPS) is 13.4. The van der Waals surface area contributed by atoms with Crippen LogP contribution < -0.4 is 9.46 Å². The summed E-state index contributed by atoms with van der Waals surface area (Å²) >= 11 is 5.85. The Morgan fingerprint density at radius 1 is 1.20 bits per heavy atom. The Morgan fingerprint density at radius 2 is 1.94 bits per heavy atom. The highest BCUT2D eigenvalue weighted by atomic mass is 35.5. The van der Waals surface area contributed by atoms with Crippen molar-refractivity contribution in [2.75, 3.05) is 11.8 Å². The maximum atomic E-state index is 13.3. The molecule has 1 N–H and O–H groups in total. The van der Waals surface area contributed by atoms with E-state index in [4.69, 9.17) is 20.9 Å². The Kier molecular flexibility index (Phi) is 6.98. The number of ether oxygens (including phenoxy) is 1. The molecule has 0 radical (unpaired) electrons. The molecule has 0 aliphatic heterocycles. The van der Waals surface area contributed by atoms with Crippen LogP contribution in [0, 0.1) is 6.92 Å². The molecule has 0 unspecified atom stereocenters. The standard InChI is InChI=1S/C21H23ClN8O4S/c1-12-8-16(28-34-12)11-30-20(17-6-5-7-18(25-17)33-4)26-27-21(30)29-35(31,32)14(3)13(2)19-23-9-15(22)10-24-19/h5-10,13-14H,11H2,1-4H3,(H,27,29)/t13-,14-/m0/s1. The van der Waals surface area contributed by atoms with Crippen LogP contribution in [0.5, 0.6) is 5.88 Å². The van der Waals surface area contributed by atoms with E-state index in [1.807, 2.05) is 0 Å². The van der Waals surface area contributed by atoms with Crippen LogP contribution in [-0.4, -0.2) is 55.7 Å². The molecule has 0 saturated heterocycles. The number of hydrogen-bond donors (Lipinski definition) is 1. The Bertz CT molecular complexity index is 1420. The van der Waals surface area contributed by atoms with Crippen molar-refractivity contribution in [3.05, 3.63) is 59.0 Å². The molecule has 35 heavy (non-hydrogen) atoms. The number of sulfonamides is 1. The third-order valence-electron chi connectivity index (χ3n) is 5.38. The predicted molar refractivity (Wildman–Crippen MR) is 128 cm³/mol. The number of hydrogen-bond acceptors (Lipinski definition) is 10. The molecule has 4 aromatic rings. The van der Waals surface area contributed by atoms with Gasteiger partial charge in [0.2, 0.25) is 21.9 Å². The van der Waals surface area contributed by atoms with Gasteiger partial charge in [0, 0.05) is 30.4 Å². The Morgan fingerprint density at radius 3 is 2.60 bits per heavy atom. The van der Waals surface area contributed by atoms with E-state index in [1.165, 1.54) is 19.5 Å². The van der Waals surface area contributed by atoms with Gasteiger partial charge in [0.1, 0.15) is 23.0 Å². The zero-order chi connectivity index (χ0) is 25.2. The molecular formula is C21H23ClN8O4S. The minimum Gasteiger partial charge on any atom is -0.481 e. The van der Waals surface area contributed by atoms with Crippen molar-refractivity contribution in [3.63, 3.8) is 0 Å². The van der Waals surface area contributed by atoms with Crippen LogP contribution in [-0.2, 0) is 16.6 Å². The number of halogens is 1. The monoisotopic (exact) mass is 518 g/mol. The summed E-state index contributed by atoms with van der Waals surface area (Å²) in [6.07, 6.45) is 2.86.